The average Bonchev–Trinajstić information content (AvgIpc) is 2.95. The minimum absolute atomic E-state index is 0.0438. The summed E-state index contributed by atoms with van der Waals surface area (Å²) in [7, 11) is 2.06. The molecule has 3 aromatic rings. The molecule has 216 valence electrons. The quantitative estimate of drug-likeness (QED) is 0.334. The lowest BCUT2D eigenvalue weighted by Crippen LogP contribution is -2.49. The average molecular weight is 560 g/mol. The number of benzene rings is 2. The maximum Gasteiger partial charge on any atom is 0.337 e. The molecule has 41 heavy (non-hydrogen) atoms. The topological polar surface area (TPSA) is 125 Å². The van der Waals surface area contributed by atoms with Crippen LogP contribution >= 0.6 is 0 Å². The number of para-hydroxylation sites is 1. The zero-order valence-corrected chi connectivity index (χ0v) is 23.8. The number of piperazine rings is 1. The van der Waals surface area contributed by atoms with Gasteiger partial charge in [-0.1, -0.05) is 18.2 Å². The number of aliphatic hydroxyl groups is 1. The first-order valence-electron chi connectivity index (χ1n) is 14.0. The fourth-order valence-electron chi connectivity index (χ4n) is 5.50. The lowest BCUT2D eigenvalue weighted by molar-refractivity contribution is 0.0697. The van der Waals surface area contributed by atoms with Gasteiger partial charge in [0.15, 0.2) is 0 Å². The van der Waals surface area contributed by atoms with Gasteiger partial charge in [-0.2, -0.15) is 4.98 Å². The molecule has 2 amide bonds. The number of fused-ring (bicyclic) bond motifs is 1. The number of hydrogen-bond donors (Lipinski definition) is 3. The van der Waals surface area contributed by atoms with Gasteiger partial charge in [0.1, 0.15) is 5.82 Å². The minimum Gasteiger partial charge on any atom is -0.478 e. The molecule has 0 saturated carbocycles. The van der Waals surface area contributed by atoms with Crippen LogP contribution in [0.15, 0.2) is 42.6 Å². The molecule has 0 atom stereocenters. The number of carbonyl (C=O) groups is 2. The van der Waals surface area contributed by atoms with Crippen molar-refractivity contribution in [2.24, 2.45) is 0 Å². The molecule has 2 aliphatic rings. The maximum atomic E-state index is 13.8. The van der Waals surface area contributed by atoms with Crippen molar-refractivity contribution >= 4 is 40.8 Å². The Balaban J connectivity index is 1.44. The summed E-state index contributed by atoms with van der Waals surface area (Å²) in [6, 6.07) is 11.0. The molecule has 0 aliphatic carbocycles. The Morgan fingerprint density at radius 3 is 2.46 bits per heavy atom. The number of nitrogens with zero attached hydrogens (tertiary/aromatic N) is 6. The number of amides is 2. The highest BCUT2D eigenvalue weighted by Gasteiger charge is 2.34. The van der Waals surface area contributed by atoms with E-state index in [9.17, 15) is 19.8 Å². The van der Waals surface area contributed by atoms with Gasteiger partial charge in [-0.15, -0.1) is 0 Å². The van der Waals surface area contributed by atoms with Gasteiger partial charge in [0.05, 0.1) is 23.5 Å². The van der Waals surface area contributed by atoms with Gasteiger partial charge >= 0.3 is 12.0 Å². The highest BCUT2D eigenvalue weighted by Crippen LogP contribution is 2.35. The second kappa shape index (κ2) is 12.1. The summed E-state index contributed by atoms with van der Waals surface area (Å²) in [4.78, 5) is 42.9. The number of rotatable bonds is 9. The molecule has 2 aromatic carbocycles. The molecule has 11 heteroatoms. The standard InChI is InChI=1S/C30H37N7O4/c1-20-7-6-8-21(2)26(20)37-19-22-18-31-29(33-27(22)36(30(37)41)11-4-5-16-38)32-23-9-10-25(24(17-23)28(39)40)35-14-12-34(3)13-15-35/h6-10,17-18,38H,4-5,11-16,19H2,1-3H3,(H,39,40)(H,31,32,33). The largest absolute Gasteiger partial charge is 0.478 e. The van der Waals surface area contributed by atoms with Crippen molar-refractivity contribution in [2.45, 2.75) is 33.2 Å². The SMILES string of the molecule is Cc1cccc(C)c1N1Cc2cnc(Nc3ccc(N4CCN(C)CC4)c(C(=O)O)c3)nc2N(CCCCO)C1=O. The van der Waals surface area contributed by atoms with Crippen LogP contribution in [0.5, 0.6) is 0 Å². The van der Waals surface area contributed by atoms with Gasteiger partial charge in [-0.25, -0.2) is 14.6 Å². The maximum absolute atomic E-state index is 13.8. The smallest absolute Gasteiger partial charge is 0.337 e. The van der Waals surface area contributed by atoms with Crippen molar-refractivity contribution in [3.05, 3.63) is 64.8 Å². The Kier molecular flexibility index (Phi) is 8.36. The number of urea groups is 1. The number of carbonyl (C=O) groups excluding carboxylic acids is 1. The molecule has 2 aliphatic heterocycles. The molecule has 1 fully saturated rings. The van der Waals surface area contributed by atoms with Crippen molar-refractivity contribution in [3.8, 4) is 0 Å². The number of carboxylic acids is 1. The second-order valence-electron chi connectivity index (χ2n) is 10.7. The van der Waals surface area contributed by atoms with Crippen molar-refractivity contribution in [1.29, 1.82) is 0 Å². The van der Waals surface area contributed by atoms with Crippen LogP contribution in [0.1, 0.15) is 39.9 Å². The molecule has 3 N–H and O–H groups in total. The monoisotopic (exact) mass is 559 g/mol. The van der Waals surface area contributed by atoms with E-state index in [-0.39, 0.29) is 24.1 Å². The lowest BCUT2D eigenvalue weighted by Gasteiger charge is -2.37. The highest BCUT2D eigenvalue weighted by atomic mass is 16.4. The van der Waals surface area contributed by atoms with Crippen molar-refractivity contribution in [2.75, 3.05) is 66.4 Å². The van der Waals surface area contributed by atoms with Crippen LogP contribution in [0.25, 0.3) is 0 Å². The zero-order chi connectivity index (χ0) is 29.1. The predicted octanol–water partition coefficient (Wildman–Crippen LogP) is 4.01. The minimum atomic E-state index is -0.999. The third-order valence-electron chi connectivity index (χ3n) is 7.71. The number of aliphatic hydroxyl groups excluding tert-OH is 1. The van der Waals surface area contributed by atoms with E-state index >= 15 is 0 Å². The molecular formula is C30H37N7O4. The molecule has 0 radical (unpaired) electrons. The number of carboxylic acid groups (broad SMARTS) is 1. The summed E-state index contributed by atoms with van der Waals surface area (Å²) in [6.45, 7) is 8.02. The number of anilines is 5. The van der Waals surface area contributed by atoms with E-state index in [2.05, 4.69) is 27.1 Å². The Bertz CT molecular complexity index is 1420. The van der Waals surface area contributed by atoms with E-state index in [1.807, 2.05) is 44.2 Å². The summed E-state index contributed by atoms with van der Waals surface area (Å²) in [6.07, 6.45) is 2.90. The molecule has 0 unspecified atom stereocenters. The van der Waals surface area contributed by atoms with Crippen molar-refractivity contribution in [1.82, 2.24) is 14.9 Å². The van der Waals surface area contributed by atoms with Crippen LogP contribution < -0.4 is 20.0 Å². The number of aromatic nitrogens is 2. The van der Waals surface area contributed by atoms with Crippen LogP contribution in [-0.4, -0.2) is 83.5 Å². The van der Waals surface area contributed by atoms with Crippen LogP contribution in [-0.2, 0) is 6.54 Å². The summed E-state index contributed by atoms with van der Waals surface area (Å²) >= 11 is 0. The molecule has 1 aromatic heterocycles. The normalized spacial score (nSPS) is 15.7. The van der Waals surface area contributed by atoms with Gasteiger partial charge in [0.2, 0.25) is 5.95 Å². The van der Waals surface area contributed by atoms with Crippen LogP contribution in [0.3, 0.4) is 0 Å². The second-order valence-corrected chi connectivity index (χ2v) is 10.7. The lowest BCUT2D eigenvalue weighted by atomic mass is 10.1. The molecular weight excluding hydrogens is 522 g/mol. The third-order valence-corrected chi connectivity index (χ3v) is 7.71. The van der Waals surface area contributed by atoms with E-state index < -0.39 is 5.97 Å². The Labute approximate surface area is 240 Å². The number of likely N-dealkylation sites (N-methyl/N-ethyl adjacent to an activating group) is 1. The van der Waals surface area contributed by atoms with Crippen molar-refractivity contribution < 1.29 is 19.8 Å². The molecule has 3 heterocycles. The van der Waals surface area contributed by atoms with Crippen molar-refractivity contribution in [3.63, 3.8) is 0 Å². The summed E-state index contributed by atoms with van der Waals surface area (Å²) in [5.41, 5.74) is 5.14. The van der Waals surface area contributed by atoms with Gasteiger partial charge in [-0.05, 0) is 63.1 Å². The number of nitrogens with one attached hydrogen (secondary N) is 1. The summed E-state index contributed by atoms with van der Waals surface area (Å²) < 4.78 is 0. The fourth-order valence-corrected chi connectivity index (χ4v) is 5.50. The highest BCUT2D eigenvalue weighted by molar-refractivity contribution is 6.06. The predicted molar refractivity (Wildman–Crippen MR) is 160 cm³/mol. The van der Waals surface area contributed by atoms with E-state index in [0.717, 1.165) is 48.6 Å². The van der Waals surface area contributed by atoms with E-state index in [1.165, 1.54) is 0 Å². The van der Waals surface area contributed by atoms with Gasteiger partial charge in [0, 0.05) is 56.8 Å². The Morgan fingerprint density at radius 2 is 1.78 bits per heavy atom. The van der Waals surface area contributed by atoms with E-state index in [4.69, 9.17) is 4.98 Å². The molecule has 1 saturated heterocycles. The zero-order valence-electron chi connectivity index (χ0n) is 23.8. The molecule has 5 rings (SSSR count). The first-order chi connectivity index (χ1) is 19.8. The van der Waals surface area contributed by atoms with Gasteiger partial charge < -0.3 is 25.3 Å². The first-order valence-corrected chi connectivity index (χ1v) is 14.0. The molecule has 0 spiro atoms. The van der Waals surface area contributed by atoms with E-state index in [0.29, 0.717) is 43.1 Å². The van der Waals surface area contributed by atoms with Gasteiger partial charge in [0.25, 0.3) is 0 Å². The number of aryl methyl sites for hydroxylation is 2. The van der Waals surface area contributed by atoms with Crippen LogP contribution in [0, 0.1) is 13.8 Å². The molecule has 11 nitrogen and oxygen atoms in total. The summed E-state index contributed by atoms with van der Waals surface area (Å²) in [5.74, 6) is -0.213. The number of unbranched alkanes of at least 4 members (excludes halogenated alkanes) is 1. The van der Waals surface area contributed by atoms with Gasteiger partial charge in [-0.3, -0.25) is 9.80 Å². The molecule has 0 bridgehead atoms. The Morgan fingerprint density at radius 1 is 1.05 bits per heavy atom. The van der Waals surface area contributed by atoms with E-state index in [1.54, 1.807) is 22.1 Å². The first kappa shape index (κ1) is 28.3. The number of aromatic carboxylic acids is 1. The number of hydrogen-bond acceptors (Lipinski definition) is 8. The fraction of sp³-hybridized carbons (Fsp3) is 0.400. The summed E-state index contributed by atoms with van der Waals surface area (Å²) in [5, 5.41) is 22.5. The van der Waals surface area contributed by atoms with Crippen LogP contribution in [0.4, 0.5) is 33.6 Å². The third kappa shape index (κ3) is 5.96. The Hall–Kier alpha value is -4.22. The van der Waals surface area contributed by atoms with Crippen LogP contribution in [0.2, 0.25) is 0 Å².